The van der Waals surface area contributed by atoms with E-state index >= 15 is 0 Å². The number of methoxy groups -OCH3 is 1. The van der Waals surface area contributed by atoms with Crippen LogP contribution in [-0.4, -0.2) is 13.7 Å². The van der Waals surface area contributed by atoms with Gasteiger partial charge in [0.25, 0.3) is 0 Å². The van der Waals surface area contributed by atoms with Gasteiger partial charge in [0.15, 0.2) is 11.5 Å². The summed E-state index contributed by atoms with van der Waals surface area (Å²) < 4.78 is 11.4. The number of hydrogen-bond acceptors (Lipinski definition) is 4. The first-order valence-corrected chi connectivity index (χ1v) is 8.17. The van der Waals surface area contributed by atoms with Crippen LogP contribution in [0.4, 0.5) is 5.69 Å². The molecule has 0 saturated heterocycles. The number of hydrazine groups is 1. The van der Waals surface area contributed by atoms with E-state index in [-0.39, 0.29) is 0 Å². The summed E-state index contributed by atoms with van der Waals surface area (Å²) in [5.74, 6) is 1.61. The highest BCUT2D eigenvalue weighted by Gasteiger charge is 2.10. The van der Waals surface area contributed by atoms with Crippen LogP contribution in [0.3, 0.4) is 0 Å². The van der Waals surface area contributed by atoms with Crippen LogP contribution in [0.15, 0.2) is 48.5 Å². The largest absolute Gasteiger partial charge is 0.493 e. The average Bonchev–Trinajstić information content (AvgIpc) is 2.60. The number of nitrogens with one attached hydrogen (secondary N) is 2. The standard InChI is InChI=1S/C19H26N2O2/c1-3-4-8-14-23-19-16(10-9-13-18(19)22-2)15-20-21-17-11-6-5-7-12-17/h5-7,9-13,20-21H,3-4,8,14-15H2,1-2H3. The van der Waals surface area contributed by atoms with Crippen molar-refractivity contribution < 1.29 is 9.47 Å². The number of ether oxygens (including phenoxy) is 2. The fraction of sp³-hybridized carbons (Fsp3) is 0.368. The first kappa shape index (κ1) is 17.2. The molecule has 0 fully saturated rings. The summed E-state index contributed by atoms with van der Waals surface area (Å²) in [6, 6.07) is 16.0. The summed E-state index contributed by atoms with van der Waals surface area (Å²) in [6.45, 7) is 3.55. The minimum absolute atomic E-state index is 0.648. The van der Waals surface area contributed by atoms with E-state index < -0.39 is 0 Å². The Morgan fingerprint density at radius 1 is 0.957 bits per heavy atom. The van der Waals surface area contributed by atoms with Crippen LogP contribution in [0.5, 0.6) is 11.5 Å². The predicted molar refractivity (Wildman–Crippen MR) is 94.9 cm³/mol. The van der Waals surface area contributed by atoms with Gasteiger partial charge in [-0.05, 0) is 24.6 Å². The number of benzene rings is 2. The molecule has 124 valence electrons. The Morgan fingerprint density at radius 2 is 1.78 bits per heavy atom. The normalized spacial score (nSPS) is 10.3. The molecule has 23 heavy (non-hydrogen) atoms. The highest BCUT2D eigenvalue weighted by molar-refractivity contribution is 5.47. The van der Waals surface area contributed by atoms with Crippen LogP contribution in [-0.2, 0) is 6.54 Å². The minimum Gasteiger partial charge on any atom is -0.493 e. The van der Waals surface area contributed by atoms with Gasteiger partial charge >= 0.3 is 0 Å². The van der Waals surface area contributed by atoms with Gasteiger partial charge in [0.05, 0.1) is 13.7 Å². The van der Waals surface area contributed by atoms with E-state index in [2.05, 4.69) is 23.8 Å². The minimum atomic E-state index is 0.648. The predicted octanol–water partition coefficient (Wildman–Crippen LogP) is 4.38. The number of para-hydroxylation sites is 2. The third kappa shape index (κ3) is 5.49. The van der Waals surface area contributed by atoms with E-state index in [1.165, 1.54) is 12.8 Å². The maximum absolute atomic E-state index is 5.97. The highest BCUT2D eigenvalue weighted by Crippen LogP contribution is 2.31. The Morgan fingerprint density at radius 3 is 2.52 bits per heavy atom. The molecule has 0 unspecified atom stereocenters. The monoisotopic (exact) mass is 314 g/mol. The lowest BCUT2D eigenvalue weighted by atomic mass is 10.2. The molecular weight excluding hydrogens is 288 g/mol. The zero-order valence-corrected chi connectivity index (χ0v) is 14.0. The van der Waals surface area contributed by atoms with Gasteiger partial charge in [0.1, 0.15) is 0 Å². The summed E-state index contributed by atoms with van der Waals surface area (Å²) in [5, 5.41) is 0. The van der Waals surface area contributed by atoms with Gasteiger partial charge in [-0.2, -0.15) is 0 Å². The summed E-state index contributed by atoms with van der Waals surface area (Å²) in [4.78, 5) is 0. The molecule has 0 aliphatic heterocycles. The van der Waals surface area contributed by atoms with E-state index in [0.717, 1.165) is 29.2 Å². The molecule has 4 nitrogen and oxygen atoms in total. The van der Waals surface area contributed by atoms with Crippen molar-refractivity contribution in [3.05, 3.63) is 54.1 Å². The van der Waals surface area contributed by atoms with Gasteiger partial charge in [0, 0.05) is 17.8 Å². The first-order valence-electron chi connectivity index (χ1n) is 8.17. The molecule has 2 aromatic rings. The van der Waals surface area contributed by atoms with E-state index in [1.807, 2.05) is 42.5 Å². The zero-order chi connectivity index (χ0) is 16.3. The summed E-state index contributed by atoms with van der Waals surface area (Å²) in [6.07, 6.45) is 3.42. The van der Waals surface area contributed by atoms with Crippen molar-refractivity contribution in [1.82, 2.24) is 5.43 Å². The van der Waals surface area contributed by atoms with Crippen LogP contribution in [0, 0.1) is 0 Å². The Bertz CT molecular complexity index is 573. The molecule has 0 spiro atoms. The van der Waals surface area contributed by atoms with Crippen molar-refractivity contribution in [1.29, 1.82) is 0 Å². The average molecular weight is 314 g/mol. The third-order valence-electron chi connectivity index (χ3n) is 3.56. The summed E-state index contributed by atoms with van der Waals surface area (Å²) >= 11 is 0. The molecule has 0 atom stereocenters. The van der Waals surface area contributed by atoms with E-state index in [0.29, 0.717) is 13.2 Å². The van der Waals surface area contributed by atoms with E-state index in [1.54, 1.807) is 7.11 Å². The van der Waals surface area contributed by atoms with Crippen molar-refractivity contribution >= 4 is 5.69 Å². The number of rotatable bonds is 10. The van der Waals surface area contributed by atoms with Crippen LogP contribution < -0.4 is 20.3 Å². The molecule has 2 N–H and O–H groups in total. The molecule has 2 rings (SSSR count). The van der Waals surface area contributed by atoms with E-state index in [4.69, 9.17) is 9.47 Å². The second kappa shape index (κ2) is 9.74. The Hall–Kier alpha value is -2.20. The fourth-order valence-corrected chi connectivity index (χ4v) is 2.31. The van der Waals surface area contributed by atoms with Crippen molar-refractivity contribution in [2.45, 2.75) is 32.7 Å². The second-order valence-electron chi connectivity index (χ2n) is 5.35. The zero-order valence-electron chi connectivity index (χ0n) is 14.0. The van der Waals surface area contributed by atoms with Gasteiger partial charge in [-0.15, -0.1) is 0 Å². The number of unbranched alkanes of at least 4 members (excludes halogenated alkanes) is 2. The lowest BCUT2D eigenvalue weighted by molar-refractivity contribution is 0.282. The quantitative estimate of drug-likeness (QED) is 0.504. The van der Waals surface area contributed by atoms with E-state index in [9.17, 15) is 0 Å². The van der Waals surface area contributed by atoms with Gasteiger partial charge in [-0.1, -0.05) is 50.1 Å². The Kier molecular flexibility index (Phi) is 7.27. The van der Waals surface area contributed by atoms with Crippen LogP contribution in [0.25, 0.3) is 0 Å². The molecular formula is C19H26N2O2. The lowest BCUT2D eigenvalue weighted by Gasteiger charge is -2.16. The SMILES string of the molecule is CCCCCOc1c(CNNc2ccccc2)cccc1OC. The molecule has 0 radical (unpaired) electrons. The number of hydrogen-bond donors (Lipinski definition) is 2. The topological polar surface area (TPSA) is 42.5 Å². The third-order valence-corrected chi connectivity index (χ3v) is 3.56. The molecule has 4 heteroatoms. The maximum atomic E-state index is 5.97. The van der Waals surface area contributed by atoms with Crippen LogP contribution in [0.1, 0.15) is 31.7 Å². The van der Waals surface area contributed by atoms with Crippen LogP contribution in [0.2, 0.25) is 0 Å². The molecule has 0 bridgehead atoms. The maximum Gasteiger partial charge on any atom is 0.165 e. The molecule has 0 saturated carbocycles. The van der Waals surface area contributed by atoms with Crippen molar-refractivity contribution in [2.75, 3.05) is 19.1 Å². The summed E-state index contributed by atoms with van der Waals surface area (Å²) in [7, 11) is 1.67. The van der Waals surface area contributed by atoms with Crippen molar-refractivity contribution in [3.8, 4) is 11.5 Å². The van der Waals surface area contributed by atoms with Crippen LogP contribution >= 0.6 is 0 Å². The highest BCUT2D eigenvalue weighted by atomic mass is 16.5. The second-order valence-corrected chi connectivity index (χ2v) is 5.35. The number of anilines is 1. The van der Waals surface area contributed by atoms with Gasteiger partial charge in [0.2, 0.25) is 0 Å². The molecule has 0 aliphatic carbocycles. The molecule has 0 aromatic heterocycles. The molecule has 0 aliphatic rings. The van der Waals surface area contributed by atoms with Crippen molar-refractivity contribution in [2.24, 2.45) is 0 Å². The van der Waals surface area contributed by atoms with Crippen molar-refractivity contribution in [3.63, 3.8) is 0 Å². The smallest absolute Gasteiger partial charge is 0.165 e. The van der Waals surface area contributed by atoms with Gasteiger partial charge in [-0.25, -0.2) is 5.43 Å². The molecule has 2 aromatic carbocycles. The first-order chi connectivity index (χ1) is 11.3. The summed E-state index contributed by atoms with van der Waals surface area (Å²) in [5.41, 5.74) is 8.52. The molecule has 0 amide bonds. The van der Waals surface area contributed by atoms with Gasteiger partial charge < -0.3 is 14.9 Å². The lowest BCUT2D eigenvalue weighted by Crippen LogP contribution is -2.21. The fourth-order valence-electron chi connectivity index (χ4n) is 2.31. The van der Waals surface area contributed by atoms with Gasteiger partial charge in [-0.3, -0.25) is 0 Å². The Balaban J connectivity index is 1.96. The molecule has 0 heterocycles. The Labute approximate surface area is 138 Å².